The first-order chi connectivity index (χ1) is 10.1. The van der Waals surface area contributed by atoms with Gasteiger partial charge in [0.15, 0.2) is 0 Å². The van der Waals surface area contributed by atoms with Crippen molar-refractivity contribution in [2.24, 2.45) is 0 Å². The molecule has 3 N–H and O–H groups in total. The summed E-state index contributed by atoms with van der Waals surface area (Å²) in [6.07, 6.45) is 1.01. The van der Waals surface area contributed by atoms with Crippen LogP contribution in [0, 0.1) is 6.92 Å². The summed E-state index contributed by atoms with van der Waals surface area (Å²) in [5.41, 5.74) is 2.85. The van der Waals surface area contributed by atoms with E-state index in [2.05, 4.69) is 22.9 Å². The Bertz CT molecular complexity index is 484. The van der Waals surface area contributed by atoms with Crippen LogP contribution in [0.15, 0.2) is 18.2 Å². The van der Waals surface area contributed by atoms with Gasteiger partial charge in [-0.05, 0) is 44.0 Å². The molecule has 2 atom stereocenters. The van der Waals surface area contributed by atoms with Gasteiger partial charge in [0.25, 0.3) is 5.91 Å². The highest BCUT2D eigenvalue weighted by Crippen LogP contribution is 2.19. The summed E-state index contributed by atoms with van der Waals surface area (Å²) in [6.45, 7) is 6.70. The zero-order valence-electron chi connectivity index (χ0n) is 13.0. The van der Waals surface area contributed by atoms with E-state index in [9.17, 15) is 4.79 Å². The summed E-state index contributed by atoms with van der Waals surface area (Å²) < 4.78 is 5.48. The second-order valence-electron chi connectivity index (χ2n) is 5.62. The molecule has 1 aromatic carbocycles. The van der Waals surface area contributed by atoms with Crippen LogP contribution in [0.4, 0.5) is 5.69 Å². The zero-order valence-corrected chi connectivity index (χ0v) is 13.0. The summed E-state index contributed by atoms with van der Waals surface area (Å²) in [7, 11) is 1.64. The van der Waals surface area contributed by atoms with Crippen molar-refractivity contribution in [3.05, 3.63) is 29.3 Å². The minimum absolute atomic E-state index is 0.0544. The molecule has 5 heteroatoms. The third-order valence-electron chi connectivity index (χ3n) is 3.75. The fraction of sp³-hybridized carbons (Fsp3) is 0.562. The first kappa shape index (κ1) is 15.8. The largest absolute Gasteiger partial charge is 0.382 e. The first-order valence-electron chi connectivity index (χ1n) is 7.50. The molecule has 1 aliphatic heterocycles. The molecule has 0 aromatic heterocycles. The fourth-order valence-corrected chi connectivity index (χ4v) is 2.63. The average Bonchev–Trinajstić information content (AvgIpc) is 2.49. The number of carbonyl (C=O) groups excluding carboxylic acids is 1. The van der Waals surface area contributed by atoms with Gasteiger partial charge in [-0.2, -0.15) is 0 Å². The highest BCUT2D eigenvalue weighted by molar-refractivity contribution is 5.94. The molecule has 0 radical (unpaired) electrons. The number of ether oxygens (including phenoxy) is 1. The standard InChI is InChI=1S/C16H25N3O2/c1-11-8-13(16(20)17-3)4-5-15(11)19-12(2)9-14-10-21-7-6-18-14/h4-5,8,12,14,18-19H,6-7,9-10H2,1-3H3,(H,17,20). The van der Waals surface area contributed by atoms with Crippen LogP contribution in [-0.4, -0.2) is 44.8 Å². The smallest absolute Gasteiger partial charge is 0.251 e. The summed E-state index contributed by atoms with van der Waals surface area (Å²) in [4.78, 5) is 11.6. The van der Waals surface area contributed by atoms with Crippen molar-refractivity contribution >= 4 is 11.6 Å². The van der Waals surface area contributed by atoms with Crippen molar-refractivity contribution < 1.29 is 9.53 Å². The van der Waals surface area contributed by atoms with Crippen LogP contribution in [0.5, 0.6) is 0 Å². The SMILES string of the molecule is CNC(=O)c1ccc(NC(C)CC2COCCN2)c(C)c1. The first-order valence-corrected chi connectivity index (χ1v) is 7.50. The molecular formula is C16H25N3O2. The fourth-order valence-electron chi connectivity index (χ4n) is 2.63. The minimum atomic E-state index is -0.0544. The van der Waals surface area contributed by atoms with E-state index in [1.54, 1.807) is 7.05 Å². The van der Waals surface area contributed by atoms with Crippen molar-refractivity contribution in [1.82, 2.24) is 10.6 Å². The lowest BCUT2D eigenvalue weighted by Crippen LogP contribution is -2.43. The third-order valence-corrected chi connectivity index (χ3v) is 3.75. The Morgan fingerprint density at radius 1 is 1.52 bits per heavy atom. The molecule has 1 amide bonds. The number of rotatable bonds is 5. The molecule has 2 rings (SSSR count). The Kier molecular flexibility index (Phi) is 5.59. The van der Waals surface area contributed by atoms with Gasteiger partial charge in [-0.25, -0.2) is 0 Å². The molecule has 0 aliphatic carbocycles. The van der Waals surface area contributed by atoms with Crippen LogP contribution < -0.4 is 16.0 Å². The Morgan fingerprint density at radius 3 is 2.95 bits per heavy atom. The second-order valence-corrected chi connectivity index (χ2v) is 5.62. The van der Waals surface area contributed by atoms with Gasteiger partial charge in [-0.3, -0.25) is 4.79 Å². The zero-order chi connectivity index (χ0) is 15.2. The molecule has 0 bridgehead atoms. The lowest BCUT2D eigenvalue weighted by atomic mass is 10.1. The van der Waals surface area contributed by atoms with Gasteiger partial charge in [0.05, 0.1) is 13.2 Å². The van der Waals surface area contributed by atoms with Crippen molar-refractivity contribution in [3.63, 3.8) is 0 Å². The molecule has 0 saturated carbocycles. The van der Waals surface area contributed by atoms with Crippen LogP contribution in [0.1, 0.15) is 29.3 Å². The molecule has 116 valence electrons. The second kappa shape index (κ2) is 7.43. The van der Waals surface area contributed by atoms with Gasteiger partial charge < -0.3 is 20.7 Å². The summed E-state index contributed by atoms with van der Waals surface area (Å²) >= 11 is 0. The quantitative estimate of drug-likeness (QED) is 0.770. The Morgan fingerprint density at radius 2 is 2.33 bits per heavy atom. The molecule has 0 spiro atoms. The van der Waals surface area contributed by atoms with Crippen LogP contribution in [0.25, 0.3) is 0 Å². The molecule has 2 unspecified atom stereocenters. The number of morpholine rings is 1. The van der Waals surface area contributed by atoms with Crippen molar-refractivity contribution in [2.75, 3.05) is 32.1 Å². The van der Waals surface area contributed by atoms with Crippen LogP contribution in [-0.2, 0) is 4.74 Å². The van der Waals surface area contributed by atoms with Gasteiger partial charge in [-0.15, -0.1) is 0 Å². The number of hydrogen-bond donors (Lipinski definition) is 3. The maximum absolute atomic E-state index is 11.6. The highest BCUT2D eigenvalue weighted by atomic mass is 16.5. The number of aryl methyl sites for hydroxylation is 1. The predicted octanol–water partition coefficient (Wildman–Crippen LogP) is 1.53. The topological polar surface area (TPSA) is 62.4 Å². The molecule has 1 aromatic rings. The van der Waals surface area contributed by atoms with E-state index in [1.165, 1.54) is 0 Å². The number of hydrogen-bond acceptors (Lipinski definition) is 4. The van der Waals surface area contributed by atoms with Crippen molar-refractivity contribution in [3.8, 4) is 0 Å². The molecule has 1 saturated heterocycles. The van der Waals surface area contributed by atoms with E-state index in [1.807, 2.05) is 25.1 Å². The lowest BCUT2D eigenvalue weighted by Gasteiger charge is -2.27. The van der Waals surface area contributed by atoms with E-state index >= 15 is 0 Å². The molecule has 21 heavy (non-hydrogen) atoms. The highest BCUT2D eigenvalue weighted by Gasteiger charge is 2.16. The molecule has 5 nitrogen and oxygen atoms in total. The molecule has 1 fully saturated rings. The van der Waals surface area contributed by atoms with Gasteiger partial charge in [0, 0.05) is 36.9 Å². The number of amides is 1. The number of anilines is 1. The normalized spacial score (nSPS) is 19.9. The number of carbonyl (C=O) groups is 1. The number of benzene rings is 1. The van der Waals surface area contributed by atoms with Crippen LogP contribution in [0.2, 0.25) is 0 Å². The van der Waals surface area contributed by atoms with E-state index in [0.717, 1.165) is 37.4 Å². The lowest BCUT2D eigenvalue weighted by molar-refractivity contribution is 0.0731. The summed E-state index contributed by atoms with van der Waals surface area (Å²) in [6, 6.07) is 6.49. The summed E-state index contributed by atoms with van der Waals surface area (Å²) in [5, 5.41) is 9.62. The van der Waals surface area contributed by atoms with E-state index in [0.29, 0.717) is 17.6 Å². The average molecular weight is 291 g/mol. The van der Waals surface area contributed by atoms with E-state index in [4.69, 9.17) is 4.74 Å². The predicted molar refractivity (Wildman–Crippen MR) is 84.9 cm³/mol. The Labute approximate surface area is 126 Å². The Balaban J connectivity index is 1.93. The van der Waals surface area contributed by atoms with Crippen LogP contribution >= 0.6 is 0 Å². The van der Waals surface area contributed by atoms with Gasteiger partial charge in [0.2, 0.25) is 0 Å². The number of nitrogens with one attached hydrogen (secondary N) is 3. The van der Waals surface area contributed by atoms with Gasteiger partial charge in [-0.1, -0.05) is 0 Å². The van der Waals surface area contributed by atoms with E-state index in [-0.39, 0.29) is 5.91 Å². The summed E-state index contributed by atoms with van der Waals surface area (Å²) in [5.74, 6) is -0.0544. The van der Waals surface area contributed by atoms with Crippen LogP contribution in [0.3, 0.4) is 0 Å². The molecule has 1 aliphatic rings. The van der Waals surface area contributed by atoms with Crippen molar-refractivity contribution in [1.29, 1.82) is 0 Å². The maximum Gasteiger partial charge on any atom is 0.251 e. The maximum atomic E-state index is 11.6. The van der Waals surface area contributed by atoms with Gasteiger partial charge >= 0.3 is 0 Å². The molecular weight excluding hydrogens is 266 g/mol. The third kappa shape index (κ3) is 4.44. The minimum Gasteiger partial charge on any atom is -0.382 e. The monoisotopic (exact) mass is 291 g/mol. The Hall–Kier alpha value is -1.59. The van der Waals surface area contributed by atoms with Gasteiger partial charge in [0.1, 0.15) is 0 Å². The molecule has 1 heterocycles. The van der Waals surface area contributed by atoms with Crippen molar-refractivity contribution in [2.45, 2.75) is 32.4 Å². The van der Waals surface area contributed by atoms with E-state index < -0.39 is 0 Å².